The van der Waals surface area contributed by atoms with Crippen LogP contribution in [0.4, 0.5) is 13.2 Å². The lowest BCUT2D eigenvalue weighted by atomic mass is 10.1. The van der Waals surface area contributed by atoms with Crippen LogP contribution in [0.1, 0.15) is 36.8 Å². The number of alkyl halides is 4. The molecule has 1 aromatic heterocycles. The van der Waals surface area contributed by atoms with E-state index in [1.807, 2.05) is 10.2 Å². The second-order valence-corrected chi connectivity index (χ2v) is 6.64. The summed E-state index contributed by atoms with van der Waals surface area (Å²) in [5.41, 5.74) is -2.86. The van der Waals surface area contributed by atoms with Crippen molar-refractivity contribution in [2.24, 2.45) is 5.16 Å². The minimum atomic E-state index is -4.62. The summed E-state index contributed by atoms with van der Waals surface area (Å²) in [5, 5.41) is 7.46. The zero-order chi connectivity index (χ0) is 15.8. The molecule has 1 aromatic rings. The molecule has 118 valence electrons. The molecule has 0 saturated heterocycles. The van der Waals surface area contributed by atoms with Crippen molar-refractivity contribution in [2.75, 3.05) is 5.88 Å². The summed E-state index contributed by atoms with van der Waals surface area (Å²) in [6, 6.07) is 0. The highest BCUT2D eigenvalue weighted by Gasteiger charge is 2.40. The van der Waals surface area contributed by atoms with Gasteiger partial charge in [-0.15, -0.1) is 11.6 Å². The zero-order valence-corrected chi connectivity index (χ0v) is 12.7. The number of rotatable bonds is 3. The highest BCUT2D eigenvalue weighted by Crippen LogP contribution is 2.39. The number of aromatic amines is 2. The summed E-state index contributed by atoms with van der Waals surface area (Å²) < 4.78 is 38.5. The second kappa shape index (κ2) is 5.60. The largest absolute Gasteiger partial charge is 0.433 e. The maximum absolute atomic E-state index is 12.8. The van der Waals surface area contributed by atoms with Crippen molar-refractivity contribution in [3.05, 3.63) is 21.6 Å². The Labute approximate surface area is 127 Å². The van der Waals surface area contributed by atoms with E-state index in [0.29, 0.717) is 11.5 Å². The molecule has 0 amide bonds. The van der Waals surface area contributed by atoms with Gasteiger partial charge in [-0.25, -0.2) is 0 Å². The van der Waals surface area contributed by atoms with Gasteiger partial charge in [-0.1, -0.05) is 16.9 Å². The van der Waals surface area contributed by atoms with Gasteiger partial charge in [0, 0.05) is 11.7 Å². The number of nitrogens with one attached hydrogen (secondary N) is 2. The quantitative estimate of drug-likeness (QED) is 0.828. The van der Waals surface area contributed by atoms with Crippen LogP contribution < -0.4 is 5.56 Å². The highest BCUT2D eigenvalue weighted by atomic mass is 35.5. The lowest BCUT2D eigenvalue weighted by molar-refractivity contribution is -0.141. The number of thioether (sulfide) groups is 1. The summed E-state index contributed by atoms with van der Waals surface area (Å²) in [6.45, 7) is 3.27. The molecule has 0 radical (unpaired) electrons. The Kier molecular flexibility index (Phi) is 4.34. The van der Waals surface area contributed by atoms with Gasteiger partial charge < -0.3 is 4.84 Å². The van der Waals surface area contributed by atoms with E-state index in [4.69, 9.17) is 16.4 Å². The van der Waals surface area contributed by atoms with E-state index in [-0.39, 0.29) is 11.4 Å². The Morgan fingerprint density at radius 2 is 2.19 bits per heavy atom. The van der Waals surface area contributed by atoms with Crippen LogP contribution in [0.3, 0.4) is 0 Å². The molecule has 0 bridgehead atoms. The molecule has 0 aliphatic carbocycles. The molecule has 21 heavy (non-hydrogen) atoms. The molecule has 2 atom stereocenters. The van der Waals surface area contributed by atoms with E-state index in [1.54, 1.807) is 6.92 Å². The third kappa shape index (κ3) is 3.39. The number of halogens is 4. The fourth-order valence-corrected chi connectivity index (χ4v) is 3.29. The van der Waals surface area contributed by atoms with E-state index in [2.05, 4.69) is 5.16 Å². The predicted octanol–water partition coefficient (Wildman–Crippen LogP) is 3.25. The van der Waals surface area contributed by atoms with Gasteiger partial charge in [-0.05, 0) is 13.8 Å². The topological polar surface area (TPSA) is 70.2 Å². The smallest absolute Gasteiger partial charge is 0.387 e. The van der Waals surface area contributed by atoms with Gasteiger partial charge in [0.05, 0.1) is 11.4 Å². The molecule has 0 aromatic carbocycles. The average Bonchev–Trinajstić information content (AvgIpc) is 2.93. The molecule has 5 nitrogen and oxygen atoms in total. The first-order valence-electron chi connectivity index (χ1n) is 6.02. The van der Waals surface area contributed by atoms with Crippen molar-refractivity contribution in [2.45, 2.75) is 37.3 Å². The SMILES string of the molecule is CC(SC1=NOC(C)(CCl)C1)c1c(C(F)(F)F)[nH][nH]c1=O. The van der Waals surface area contributed by atoms with E-state index in [1.165, 1.54) is 6.92 Å². The Morgan fingerprint density at radius 1 is 1.52 bits per heavy atom. The third-order valence-corrected chi connectivity index (χ3v) is 4.64. The average molecular weight is 344 g/mol. The van der Waals surface area contributed by atoms with Crippen LogP contribution >= 0.6 is 23.4 Å². The number of aromatic nitrogens is 2. The highest BCUT2D eigenvalue weighted by molar-refractivity contribution is 8.14. The molecule has 1 aliphatic heterocycles. The summed E-state index contributed by atoms with van der Waals surface area (Å²) >= 11 is 6.80. The first kappa shape index (κ1) is 16.3. The van der Waals surface area contributed by atoms with Crippen molar-refractivity contribution in [1.29, 1.82) is 0 Å². The first-order valence-corrected chi connectivity index (χ1v) is 7.43. The van der Waals surface area contributed by atoms with Crippen molar-refractivity contribution in [1.82, 2.24) is 10.2 Å². The van der Waals surface area contributed by atoms with Gasteiger partial charge in [-0.3, -0.25) is 15.0 Å². The van der Waals surface area contributed by atoms with Crippen LogP contribution in [-0.2, 0) is 11.0 Å². The van der Waals surface area contributed by atoms with Crippen molar-refractivity contribution >= 4 is 28.4 Å². The second-order valence-electron chi connectivity index (χ2n) is 4.96. The standard InChI is InChI=1S/C11H13ClF3N3O2S/c1-5(21-6-3-10(2,4-12)20-18-6)7-8(11(13,14)15)16-17-9(7)19/h5H,3-4H2,1-2H3,(H2,16,17,19). The van der Waals surface area contributed by atoms with Crippen LogP contribution in [0.25, 0.3) is 0 Å². The van der Waals surface area contributed by atoms with Gasteiger partial charge in [0.15, 0.2) is 5.60 Å². The number of nitrogens with zero attached hydrogens (tertiary/aromatic N) is 1. The van der Waals surface area contributed by atoms with Crippen LogP contribution in [0.15, 0.2) is 9.95 Å². The monoisotopic (exact) mass is 343 g/mol. The Hall–Kier alpha value is -1.09. The van der Waals surface area contributed by atoms with E-state index in [9.17, 15) is 18.0 Å². The minimum absolute atomic E-state index is 0.216. The van der Waals surface area contributed by atoms with Gasteiger partial charge in [0.1, 0.15) is 10.7 Å². The summed E-state index contributed by atoms with van der Waals surface area (Å²) in [4.78, 5) is 16.8. The number of H-pyrrole nitrogens is 2. The molecule has 0 spiro atoms. The number of hydrogen-bond acceptors (Lipinski definition) is 4. The minimum Gasteiger partial charge on any atom is -0.387 e. The van der Waals surface area contributed by atoms with Crippen LogP contribution in [0.5, 0.6) is 0 Å². The van der Waals surface area contributed by atoms with E-state index in [0.717, 1.165) is 11.8 Å². The summed E-state index contributed by atoms with van der Waals surface area (Å²) in [5.74, 6) is 0.216. The lowest BCUT2D eigenvalue weighted by Crippen LogP contribution is -2.26. The Balaban J connectivity index is 2.18. The lowest BCUT2D eigenvalue weighted by Gasteiger charge is -2.17. The summed E-state index contributed by atoms with van der Waals surface area (Å²) in [7, 11) is 0. The summed E-state index contributed by atoms with van der Waals surface area (Å²) in [6.07, 6.45) is -4.23. The maximum Gasteiger partial charge on any atom is 0.433 e. The molecule has 1 aliphatic rings. The third-order valence-electron chi connectivity index (χ3n) is 2.99. The molecule has 0 fully saturated rings. The molecule has 2 rings (SSSR count). The van der Waals surface area contributed by atoms with Gasteiger partial charge >= 0.3 is 6.18 Å². The van der Waals surface area contributed by atoms with Gasteiger partial charge in [0.25, 0.3) is 5.56 Å². The van der Waals surface area contributed by atoms with E-state index >= 15 is 0 Å². The molecule has 2 N–H and O–H groups in total. The van der Waals surface area contributed by atoms with Gasteiger partial charge in [-0.2, -0.15) is 13.2 Å². The molecule has 2 heterocycles. The van der Waals surface area contributed by atoms with Crippen LogP contribution in [0.2, 0.25) is 0 Å². The van der Waals surface area contributed by atoms with E-state index < -0.39 is 28.3 Å². The normalized spacial score (nSPS) is 23.8. The molecular weight excluding hydrogens is 331 g/mol. The Morgan fingerprint density at radius 3 is 2.71 bits per heavy atom. The fourth-order valence-electron chi connectivity index (χ4n) is 1.92. The van der Waals surface area contributed by atoms with Crippen molar-refractivity contribution in [3.8, 4) is 0 Å². The van der Waals surface area contributed by atoms with Crippen LogP contribution in [-0.4, -0.2) is 26.7 Å². The number of hydrogen-bond donors (Lipinski definition) is 2. The number of oxime groups is 1. The van der Waals surface area contributed by atoms with Crippen LogP contribution in [0, 0.1) is 0 Å². The molecule has 10 heteroatoms. The van der Waals surface area contributed by atoms with Gasteiger partial charge in [0.2, 0.25) is 0 Å². The molecule has 0 saturated carbocycles. The maximum atomic E-state index is 12.8. The van der Waals surface area contributed by atoms with Crippen molar-refractivity contribution < 1.29 is 18.0 Å². The Bertz CT molecular complexity index is 613. The zero-order valence-electron chi connectivity index (χ0n) is 11.2. The molecular formula is C11H13ClF3N3O2S. The predicted molar refractivity (Wildman–Crippen MR) is 74.7 cm³/mol. The fraction of sp³-hybridized carbons (Fsp3) is 0.636. The molecule has 2 unspecified atom stereocenters. The first-order chi connectivity index (χ1) is 9.66. The van der Waals surface area contributed by atoms with Crippen molar-refractivity contribution in [3.63, 3.8) is 0 Å².